The fourth-order valence-electron chi connectivity index (χ4n) is 1.57. The SMILES string of the molecule is CCCc1c(NN)ncnc1NC(C)C(C)(C)C. The second-order valence-corrected chi connectivity index (χ2v) is 5.68. The van der Waals surface area contributed by atoms with Gasteiger partial charge in [0.15, 0.2) is 0 Å². The molecule has 1 rings (SSSR count). The topological polar surface area (TPSA) is 75.9 Å². The van der Waals surface area contributed by atoms with E-state index in [1.807, 2.05) is 0 Å². The van der Waals surface area contributed by atoms with Gasteiger partial charge >= 0.3 is 0 Å². The maximum atomic E-state index is 5.50. The molecular formula is C13H25N5. The van der Waals surface area contributed by atoms with Crippen molar-refractivity contribution in [3.8, 4) is 0 Å². The highest BCUT2D eigenvalue weighted by molar-refractivity contribution is 5.57. The van der Waals surface area contributed by atoms with Gasteiger partial charge in [0.05, 0.1) is 0 Å². The zero-order valence-corrected chi connectivity index (χ0v) is 12.0. The first kappa shape index (κ1) is 14.7. The van der Waals surface area contributed by atoms with E-state index in [2.05, 4.69) is 55.3 Å². The van der Waals surface area contributed by atoms with E-state index in [0.29, 0.717) is 11.9 Å². The minimum Gasteiger partial charge on any atom is -0.367 e. The largest absolute Gasteiger partial charge is 0.367 e. The Morgan fingerprint density at radius 2 is 1.89 bits per heavy atom. The molecule has 0 spiro atoms. The van der Waals surface area contributed by atoms with Crippen molar-refractivity contribution >= 4 is 11.6 Å². The van der Waals surface area contributed by atoms with Gasteiger partial charge in [0.25, 0.3) is 0 Å². The second kappa shape index (κ2) is 6.00. The van der Waals surface area contributed by atoms with Crippen molar-refractivity contribution < 1.29 is 0 Å². The van der Waals surface area contributed by atoms with Crippen LogP contribution < -0.4 is 16.6 Å². The summed E-state index contributed by atoms with van der Waals surface area (Å²) in [7, 11) is 0. The van der Waals surface area contributed by atoms with Crippen molar-refractivity contribution in [1.29, 1.82) is 0 Å². The molecule has 0 radical (unpaired) electrons. The Balaban J connectivity index is 3.01. The molecule has 5 heteroatoms. The van der Waals surface area contributed by atoms with Gasteiger partial charge in [0.2, 0.25) is 0 Å². The molecule has 0 aliphatic carbocycles. The number of nitrogen functional groups attached to an aromatic ring is 1. The maximum absolute atomic E-state index is 5.50. The fraction of sp³-hybridized carbons (Fsp3) is 0.692. The Labute approximate surface area is 110 Å². The summed E-state index contributed by atoms with van der Waals surface area (Å²) in [6.07, 6.45) is 3.46. The Bertz CT molecular complexity index is 383. The molecule has 5 nitrogen and oxygen atoms in total. The summed E-state index contributed by atoms with van der Waals surface area (Å²) >= 11 is 0. The van der Waals surface area contributed by atoms with Gasteiger partial charge in [-0.15, -0.1) is 0 Å². The molecule has 0 saturated heterocycles. The standard InChI is InChI=1S/C13H25N5/c1-6-7-10-11(15-8-16-12(10)18-14)17-9(2)13(3,4)5/h8-9H,6-7,14H2,1-5H3,(H2,15,16,17,18). The molecule has 1 unspecified atom stereocenters. The zero-order valence-electron chi connectivity index (χ0n) is 12.0. The Morgan fingerprint density at radius 1 is 1.28 bits per heavy atom. The van der Waals surface area contributed by atoms with E-state index in [4.69, 9.17) is 5.84 Å². The van der Waals surface area contributed by atoms with Gasteiger partial charge < -0.3 is 10.7 Å². The van der Waals surface area contributed by atoms with Gasteiger partial charge in [-0.1, -0.05) is 34.1 Å². The summed E-state index contributed by atoms with van der Waals surface area (Å²) in [5, 5.41) is 3.46. The van der Waals surface area contributed by atoms with E-state index in [-0.39, 0.29) is 5.41 Å². The highest BCUT2D eigenvalue weighted by Gasteiger charge is 2.21. The zero-order chi connectivity index (χ0) is 13.8. The predicted molar refractivity (Wildman–Crippen MR) is 76.4 cm³/mol. The van der Waals surface area contributed by atoms with Crippen LogP contribution in [0.5, 0.6) is 0 Å². The van der Waals surface area contributed by atoms with Crippen LogP contribution in [-0.2, 0) is 6.42 Å². The van der Waals surface area contributed by atoms with Crippen LogP contribution in [0.2, 0.25) is 0 Å². The number of nitrogens with one attached hydrogen (secondary N) is 2. The molecule has 102 valence electrons. The summed E-state index contributed by atoms with van der Waals surface area (Å²) in [4.78, 5) is 8.50. The van der Waals surface area contributed by atoms with Crippen LogP contribution in [0.1, 0.15) is 46.6 Å². The van der Waals surface area contributed by atoms with Gasteiger partial charge in [-0.25, -0.2) is 15.8 Å². The summed E-state index contributed by atoms with van der Waals surface area (Å²) in [6.45, 7) is 10.9. The lowest BCUT2D eigenvalue weighted by atomic mass is 9.88. The molecule has 1 aromatic rings. The molecule has 0 aliphatic rings. The van der Waals surface area contributed by atoms with E-state index in [1.165, 1.54) is 6.33 Å². The van der Waals surface area contributed by atoms with Crippen LogP contribution in [0, 0.1) is 5.41 Å². The number of rotatable bonds is 5. The highest BCUT2D eigenvalue weighted by atomic mass is 15.3. The van der Waals surface area contributed by atoms with Gasteiger partial charge in [-0.3, -0.25) is 0 Å². The summed E-state index contributed by atoms with van der Waals surface area (Å²) in [6, 6.07) is 0.314. The minimum atomic E-state index is 0.171. The van der Waals surface area contributed by atoms with E-state index in [0.717, 1.165) is 24.2 Å². The average Bonchev–Trinajstić information content (AvgIpc) is 2.30. The predicted octanol–water partition coefficient (Wildman–Crippen LogP) is 2.56. The van der Waals surface area contributed by atoms with Crippen LogP contribution in [0.15, 0.2) is 6.33 Å². The average molecular weight is 251 g/mol. The third-order valence-electron chi connectivity index (χ3n) is 3.23. The van der Waals surface area contributed by atoms with Gasteiger partial charge in [0, 0.05) is 11.6 Å². The van der Waals surface area contributed by atoms with Gasteiger partial charge in [0.1, 0.15) is 18.0 Å². The quantitative estimate of drug-likeness (QED) is 0.554. The number of anilines is 2. The van der Waals surface area contributed by atoms with Gasteiger partial charge in [-0.05, 0) is 18.8 Å². The molecule has 18 heavy (non-hydrogen) atoms. The summed E-state index contributed by atoms with van der Waals surface area (Å²) in [5.41, 5.74) is 3.87. The first-order chi connectivity index (χ1) is 8.40. The molecule has 0 fully saturated rings. The van der Waals surface area contributed by atoms with Crippen molar-refractivity contribution in [1.82, 2.24) is 9.97 Å². The number of aromatic nitrogens is 2. The molecule has 4 N–H and O–H groups in total. The van der Waals surface area contributed by atoms with Crippen LogP contribution in [0.25, 0.3) is 0 Å². The smallest absolute Gasteiger partial charge is 0.148 e. The molecule has 0 aromatic carbocycles. The van der Waals surface area contributed by atoms with E-state index >= 15 is 0 Å². The lowest BCUT2D eigenvalue weighted by molar-refractivity contribution is 0.358. The second-order valence-electron chi connectivity index (χ2n) is 5.68. The lowest BCUT2D eigenvalue weighted by Gasteiger charge is -2.29. The van der Waals surface area contributed by atoms with E-state index < -0.39 is 0 Å². The van der Waals surface area contributed by atoms with E-state index in [1.54, 1.807) is 0 Å². The molecule has 0 bridgehead atoms. The fourth-order valence-corrected chi connectivity index (χ4v) is 1.57. The lowest BCUT2D eigenvalue weighted by Crippen LogP contribution is -2.31. The van der Waals surface area contributed by atoms with Crippen molar-refractivity contribution in [2.24, 2.45) is 11.3 Å². The first-order valence-corrected chi connectivity index (χ1v) is 6.47. The van der Waals surface area contributed by atoms with Crippen molar-refractivity contribution in [2.75, 3.05) is 10.7 Å². The summed E-state index contributed by atoms with van der Waals surface area (Å²) < 4.78 is 0. The molecule has 0 amide bonds. The molecule has 0 aliphatic heterocycles. The third-order valence-corrected chi connectivity index (χ3v) is 3.23. The molecular weight excluding hydrogens is 226 g/mol. The van der Waals surface area contributed by atoms with Crippen LogP contribution in [0.4, 0.5) is 11.6 Å². The normalized spacial score (nSPS) is 13.2. The van der Waals surface area contributed by atoms with Crippen molar-refractivity contribution in [3.05, 3.63) is 11.9 Å². The monoisotopic (exact) mass is 251 g/mol. The van der Waals surface area contributed by atoms with Crippen LogP contribution >= 0.6 is 0 Å². The highest BCUT2D eigenvalue weighted by Crippen LogP contribution is 2.26. The van der Waals surface area contributed by atoms with Crippen molar-refractivity contribution in [3.63, 3.8) is 0 Å². The Hall–Kier alpha value is -1.36. The summed E-state index contributed by atoms with van der Waals surface area (Å²) in [5.74, 6) is 7.08. The maximum Gasteiger partial charge on any atom is 0.148 e. The molecule has 1 aromatic heterocycles. The number of nitrogens with two attached hydrogens (primary N) is 1. The van der Waals surface area contributed by atoms with Crippen LogP contribution in [-0.4, -0.2) is 16.0 Å². The Morgan fingerprint density at radius 3 is 2.39 bits per heavy atom. The minimum absolute atomic E-state index is 0.171. The number of hydrogen-bond donors (Lipinski definition) is 3. The molecule has 1 atom stereocenters. The molecule has 1 heterocycles. The van der Waals surface area contributed by atoms with Gasteiger partial charge in [-0.2, -0.15) is 0 Å². The number of nitrogens with zero attached hydrogens (tertiary/aromatic N) is 2. The first-order valence-electron chi connectivity index (χ1n) is 6.47. The molecule has 0 saturated carbocycles. The third kappa shape index (κ3) is 3.57. The number of hydrogen-bond acceptors (Lipinski definition) is 5. The number of hydrazine groups is 1. The van der Waals surface area contributed by atoms with Crippen LogP contribution in [0.3, 0.4) is 0 Å². The van der Waals surface area contributed by atoms with Crippen molar-refractivity contribution in [2.45, 2.75) is 53.5 Å². The van der Waals surface area contributed by atoms with E-state index in [9.17, 15) is 0 Å². The Kier molecular flexibility index (Phi) is 4.90.